The van der Waals surface area contributed by atoms with Crippen LogP contribution in [0.25, 0.3) is 10.8 Å². The minimum atomic E-state index is -3.91. The van der Waals surface area contributed by atoms with Gasteiger partial charge in [-0.2, -0.15) is 0 Å². The van der Waals surface area contributed by atoms with Gasteiger partial charge in [0, 0.05) is 23.1 Å². The number of halogens is 1. The highest BCUT2D eigenvalue weighted by molar-refractivity contribution is 7.91. The van der Waals surface area contributed by atoms with Crippen LogP contribution < -0.4 is 24.8 Å². The minimum absolute atomic E-state index is 0.0204. The third-order valence-electron chi connectivity index (χ3n) is 9.16. The summed E-state index contributed by atoms with van der Waals surface area (Å²) in [5.41, 5.74) is -3.24. The molecular formula is C35H46ClN5O9S. The Morgan fingerprint density at radius 2 is 1.80 bits per heavy atom. The zero-order valence-electron chi connectivity index (χ0n) is 29.9. The first-order valence-electron chi connectivity index (χ1n) is 16.8. The number of carbonyl (C=O) groups is 4. The number of pyridine rings is 1. The first kappa shape index (κ1) is 38.1. The molecule has 2 heterocycles. The van der Waals surface area contributed by atoms with E-state index in [1.807, 2.05) is 0 Å². The monoisotopic (exact) mass is 747 g/mol. The number of sulfonamides is 1. The van der Waals surface area contributed by atoms with Gasteiger partial charge in [0.05, 0.1) is 30.1 Å². The van der Waals surface area contributed by atoms with Gasteiger partial charge in [-0.05, 0) is 63.6 Å². The molecular weight excluding hydrogens is 702 g/mol. The summed E-state index contributed by atoms with van der Waals surface area (Å²) in [5.74, 6) is -1.95. The zero-order valence-corrected chi connectivity index (χ0v) is 31.4. The molecule has 0 bridgehead atoms. The molecule has 14 nitrogen and oxygen atoms in total. The van der Waals surface area contributed by atoms with Gasteiger partial charge >= 0.3 is 6.09 Å². The number of carbonyl (C=O) groups excluding carboxylic acids is 4. The molecule has 2 aromatic rings. The second kappa shape index (κ2) is 13.8. The lowest BCUT2D eigenvalue weighted by atomic mass is 9.85. The van der Waals surface area contributed by atoms with Crippen LogP contribution in [0.5, 0.6) is 11.6 Å². The standard InChI is InChI=1S/C35H46ClN5O9S/c1-9-19-16-35(19,31(44)40-51(46,47)22-11-12-22)39-28(42)26-15-21(49-29-24-14-20(48-8)10-13-23(24)25(36)17-37-29)18-41(26)30(43)27(33(2,3)4)38-32(45)50-34(5,6)7/h9-10,13-14,17,19,21-22,26-27H,1,11-12,15-16,18H2,2-8H3,(H,38,45)(H,39,42)(H,40,44)/t19-,21-,26+,27-,35-/m1/s1. The fourth-order valence-corrected chi connectivity index (χ4v) is 7.75. The number of amides is 4. The number of methoxy groups -OCH3 is 1. The molecule has 5 atom stereocenters. The highest BCUT2D eigenvalue weighted by atomic mass is 35.5. The Morgan fingerprint density at radius 1 is 1.12 bits per heavy atom. The maximum Gasteiger partial charge on any atom is 0.408 e. The number of hydrogen-bond donors (Lipinski definition) is 3. The van der Waals surface area contributed by atoms with E-state index in [-0.39, 0.29) is 25.3 Å². The van der Waals surface area contributed by atoms with Crippen molar-refractivity contribution in [3.8, 4) is 11.6 Å². The van der Waals surface area contributed by atoms with Gasteiger partial charge in [-0.25, -0.2) is 18.2 Å². The third-order valence-corrected chi connectivity index (χ3v) is 11.3. The number of nitrogens with one attached hydrogen (secondary N) is 3. The lowest BCUT2D eigenvalue weighted by Crippen LogP contribution is -2.60. The number of fused-ring (bicyclic) bond motifs is 1. The molecule has 1 saturated heterocycles. The van der Waals surface area contributed by atoms with Crippen molar-refractivity contribution >= 4 is 56.2 Å². The third kappa shape index (κ3) is 8.35. The zero-order chi connectivity index (χ0) is 37.7. The number of nitrogens with zero attached hydrogens (tertiary/aromatic N) is 2. The molecule has 5 rings (SSSR count). The Labute approximate surface area is 303 Å². The van der Waals surface area contributed by atoms with Crippen LogP contribution in [0.4, 0.5) is 4.79 Å². The summed E-state index contributed by atoms with van der Waals surface area (Å²) in [6, 6.07) is 2.91. The molecule has 278 valence electrons. The number of alkyl carbamates (subject to hydrolysis) is 1. The Kier molecular flexibility index (Phi) is 10.3. The smallest absolute Gasteiger partial charge is 0.408 e. The van der Waals surface area contributed by atoms with E-state index in [1.54, 1.807) is 59.7 Å². The number of aromatic nitrogens is 1. The molecule has 4 amide bonds. The summed E-state index contributed by atoms with van der Waals surface area (Å²) in [4.78, 5) is 60.7. The quantitative estimate of drug-likeness (QED) is 0.286. The molecule has 2 aliphatic carbocycles. The fourth-order valence-electron chi connectivity index (χ4n) is 6.18. The lowest BCUT2D eigenvalue weighted by Gasteiger charge is -2.36. The normalized spacial score (nSPS) is 23.9. The average molecular weight is 748 g/mol. The van der Waals surface area contributed by atoms with Crippen LogP contribution in [0.15, 0.2) is 37.1 Å². The summed E-state index contributed by atoms with van der Waals surface area (Å²) < 4.78 is 44.7. The van der Waals surface area contributed by atoms with Crippen LogP contribution in [-0.2, 0) is 29.1 Å². The van der Waals surface area contributed by atoms with Crippen LogP contribution >= 0.6 is 11.6 Å². The predicted octanol–water partition coefficient (Wildman–Crippen LogP) is 3.85. The molecule has 2 saturated carbocycles. The van der Waals surface area contributed by atoms with Crippen molar-refractivity contribution in [2.75, 3.05) is 13.7 Å². The first-order chi connectivity index (χ1) is 23.7. The highest BCUT2D eigenvalue weighted by Gasteiger charge is 2.62. The largest absolute Gasteiger partial charge is 0.497 e. The van der Waals surface area contributed by atoms with Crippen molar-refractivity contribution in [1.29, 1.82) is 0 Å². The van der Waals surface area contributed by atoms with E-state index in [4.69, 9.17) is 25.8 Å². The summed E-state index contributed by atoms with van der Waals surface area (Å²) in [5, 5.41) is 6.38. The highest BCUT2D eigenvalue weighted by Crippen LogP contribution is 2.45. The Bertz CT molecular complexity index is 1850. The van der Waals surface area contributed by atoms with Crippen molar-refractivity contribution in [3.05, 3.63) is 42.1 Å². The van der Waals surface area contributed by atoms with E-state index in [0.29, 0.717) is 34.4 Å². The van der Waals surface area contributed by atoms with Gasteiger partial charge in [0.15, 0.2) is 0 Å². The molecule has 3 aliphatic rings. The van der Waals surface area contributed by atoms with Gasteiger partial charge in [-0.3, -0.25) is 19.1 Å². The Morgan fingerprint density at radius 3 is 2.37 bits per heavy atom. The maximum atomic E-state index is 14.4. The van der Waals surface area contributed by atoms with Crippen LogP contribution in [0, 0.1) is 11.3 Å². The van der Waals surface area contributed by atoms with E-state index in [0.717, 1.165) is 0 Å². The maximum absolute atomic E-state index is 14.4. The van der Waals surface area contributed by atoms with Crippen LogP contribution in [-0.4, -0.2) is 90.3 Å². The number of ether oxygens (including phenoxy) is 3. The van der Waals surface area contributed by atoms with Crippen LogP contribution in [0.1, 0.15) is 67.2 Å². The van der Waals surface area contributed by atoms with Gasteiger partial charge in [0.2, 0.25) is 27.7 Å². The van der Waals surface area contributed by atoms with Crippen LogP contribution in [0.2, 0.25) is 5.02 Å². The first-order valence-corrected chi connectivity index (χ1v) is 18.7. The SMILES string of the molecule is C=C[C@@H]1C[C@]1(NC(=O)[C@@H]1C[C@@H](Oc2ncc(Cl)c3ccc(OC)cc23)CN1C(=O)[C@@H](NC(=O)OC(C)(C)C)C(C)(C)C)C(=O)NS(=O)(=O)C1CC1. The number of likely N-dealkylation sites (tertiary alicyclic amines) is 1. The molecule has 3 fully saturated rings. The van der Waals surface area contributed by atoms with Crippen molar-refractivity contribution in [2.24, 2.45) is 11.3 Å². The minimum Gasteiger partial charge on any atom is -0.497 e. The van der Waals surface area contributed by atoms with E-state index < -0.39 is 79.7 Å². The molecule has 16 heteroatoms. The molecule has 51 heavy (non-hydrogen) atoms. The Balaban J connectivity index is 1.46. The number of benzene rings is 1. The Hall–Kier alpha value is -4.11. The van der Waals surface area contributed by atoms with E-state index in [1.165, 1.54) is 24.3 Å². The number of rotatable bonds is 11. The summed E-state index contributed by atoms with van der Waals surface area (Å²) >= 11 is 6.42. The van der Waals surface area contributed by atoms with E-state index in [9.17, 15) is 27.6 Å². The molecule has 0 unspecified atom stereocenters. The molecule has 1 aromatic heterocycles. The second-order valence-electron chi connectivity index (χ2n) is 15.4. The van der Waals surface area contributed by atoms with Gasteiger partial charge in [-0.15, -0.1) is 6.58 Å². The molecule has 0 spiro atoms. The van der Waals surface area contributed by atoms with Crippen LogP contribution in [0.3, 0.4) is 0 Å². The van der Waals surface area contributed by atoms with E-state index in [2.05, 4.69) is 26.9 Å². The second-order valence-corrected chi connectivity index (χ2v) is 17.8. The molecule has 3 N–H and O–H groups in total. The average Bonchev–Trinajstić information content (AvgIpc) is 3.96. The van der Waals surface area contributed by atoms with Gasteiger partial charge in [-0.1, -0.05) is 38.4 Å². The molecule has 0 radical (unpaired) electrons. The van der Waals surface area contributed by atoms with Crippen molar-refractivity contribution in [2.45, 2.75) is 102 Å². The van der Waals surface area contributed by atoms with Gasteiger partial charge in [0.1, 0.15) is 35.1 Å². The topological polar surface area (TPSA) is 182 Å². The molecule has 1 aliphatic heterocycles. The summed E-state index contributed by atoms with van der Waals surface area (Å²) in [7, 11) is -2.39. The van der Waals surface area contributed by atoms with Gasteiger partial charge in [0.25, 0.3) is 5.91 Å². The summed E-state index contributed by atoms with van der Waals surface area (Å²) in [6.45, 7) is 14.1. The fraction of sp³-hybridized carbons (Fsp3) is 0.571. The van der Waals surface area contributed by atoms with Crippen molar-refractivity contribution in [3.63, 3.8) is 0 Å². The van der Waals surface area contributed by atoms with Gasteiger partial charge < -0.3 is 29.7 Å². The predicted molar refractivity (Wildman–Crippen MR) is 190 cm³/mol. The van der Waals surface area contributed by atoms with E-state index >= 15 is 0 Å². The summed E-state index contributed by atoms with van der Waals surface area (Å²) in [6.07, 6.45) is 2.34. The number of hydrogen-bond acceptors (Lipinski definition) is 10. The molecule has 1 aromatic carbocycles. The van der Waals surface area contributed by atoms with Crippen molar-refractivity contribution < 1.29 is 41.8 Å². The lowest BCUT2D eigenvalue weighted by molar-refractivity contribution is -0.143. The van der Waals surface area contributed by atoms with Crippen molar-refractivity contribution in [1.82, 2.24) is 25.2 Å².